The number of carbonyl (C=O) groups excluding carboxylic acids is 1. The van der Waals surface area contributed by atoms with Crippen molar-refractivity contribution in [2.24, 2.45) is 0 Å². The molecular formula is C20H20N2O2S. The molecule has 5 heteroatoms. The van der Waals surface area contributed by atoms with Gasteiger partial charge in [0.25, 0.3) is 0 Å². The number of amides is 1. The summed E-state index contributed by atoms with van der Waals surface area (Å²) in [6.07, 6.45) is 3.35. The van der Waals surface area contributed by atoms with Crippen molar-refractivity contribution in [2.75, 3.05) is 14.2 Å². The summed E-state index contributed by atoms with van der Waals surface area (Å²) in [6, 6.07) is 15.6. The van der Waals surface area contributed by atoms with E-state index in [1.54, 1.807) is 42.5 Å². The Morgan fingerprint density at radius 2 is 1.92 bits per heavy atom. The zero-order chi connectivity index (χ0) is 17.8. The van der Waals surface area contributed by atoms with Crippen LogP contribution in [0.3, 0.4) is 0 Å². The standard InChI is InChI=1S/C20H20N2O2S/c1-14(15-8-4-6-10-17(15)24-3)22(2)20(23)13-12-19-21-16-9-5-7-11-18(16)25-19/h4-14H,1-3H3/b13-12+. The van der Waals surface area contributed by atoms with Gasteiger partial charge in [0, 0.05) is 18.7 Å². The maximum Gasteiger partial charge on any atom is 0.246 e. The van der Waals surface area contributed by atoms with Gasteiger partial charge in [0.1, 0.15) is 10.8 Å². The van der Waals surface area contributed by atoms with Crippen LogP contribution < -0.4 is 4.74 Å². The van der Waals surface area contributed by atoms with Gasteiger partial charge < -0.3 is 9.64 Å². The van der Waals surface area contributed by atoms with Crippen LogP contribution in [0.2, 0.25) is 0 Å². The predicted octanol–water partition coefficient (Wildman–Crippen LogP) is 4.54. The highest BCUT2D eigenvalue weighted by Gasteiger charge is 2.18. The molecule has 0 aliphatic rings. The van der Waals surface area contributed by atoms with Gasteiger partial charge in [-0.1, -0.05) is 30.3 Å². The first-order valence-corrected chi connectivity index (χ1v) is 8.85. The summed E-state index contributed by atoms with van der Waals surface area (Å²) in [6.45, 7) is 1.99. The molecule has 1 heterocycles. The van der Waals surface area contributed by atoms with E-state index in [1.165, 1.54) is 0 Å². The van der Waals surface area contributed by atoms with Crippen molar-refractivity contribution in [1.82, 2.24) is 9.88 Å². The molecule has 0 bridgehead atoms. The molecular weight excluding hydrogens is 332 g/mol. The number of carbonyl (C=O) groups is 1. The first-order valence-electron chi connectivity index (χ1n) is 8.03. The molecule has 3 rings (SSSR count). The van der Waals surface area contributed by atoms with Crippen molar-refractivity contribution in [3.63, 3.8) is 0 Å². The number of para-hydroxylation sites is 2. The number of hydrogen-bond acceptors (Lipinski definition) is 4. The summed E-state index contributed by atoms with van der Waals surface area (Å²) in [5.74, 6) is 0.711. The van der Waals surface area contributed by atoms with Gasteiger partial charge >= 0.3 is 0 Å². The smallest absolute Gasteiger partial charge is 0.246 e. The Balaban J connectivity index is 1.75. The Labute approximate surface area is 151 Å². The number of nitrogens with zero attached hydrogens (tertiary/aromatic N) is 2. The lowest BCUT2D eigenvalue weighted by Crippen LogP contribution is -2.28. The molecule has 4 nitrogen and oxygen atoms in total. The Morgan fingerprint density at radius 1 is 1.20 bits per heavy atom. The molecule has 0 spiro atoms. The van der Waals surface area contributed by atoms with Crippen LogP contribution in [0.4, 0.5) is 0 Å². The van der Waals surface area contributed by atoms with Gasteiger partial charge in [0.15, 0.2) is 0 Å². The minimum Gasteiger partial charge on any atom is -0.496 e. The van der Waals surface area contributed by atoms with Crippen molar-refractivity contribution in [2.45, 2.75) is 13.0 Å². The van der Waals surface area contributed by atoms with Crippen LogP contribution in [-0.2, 0) is 4.79 Å². The second kappa shape index (κ2) is 7.49. The van der Waals surface area contributed by atoms with E-state index in [0.717, 1.165) is 26.5 Å². The number of thiazole rings is 1. The molecule has 0 saturated carbocycles. The van der Waals surface area contributed by atoms with Crippen LogP contribution in [0, 0.1) is 0 Å². The van der Waals surface area contributed by atoms with Gasteiger partial charge in [-0.15, -0.1) is 11.3 Å². The van der Waals surface area contributed by atoms with E-state index < -0.39 is 0 Å². The molecule has 3 aromatic rings. The third-order valence-electron chi connectivity index (χ3n) is 4.20. The van der Waals surface area contributed by atoms with E-state index >= 15 is 0 Å². The fraction of sp³-hybridized carbons (Fsp3) is 0.200. The molecule has 0 radical (unpaired) electrons. The van der Waals surface area contributed by atoms with Gasteiger partial charge in [-0.2, -0.15) is 0 Å². The van der Waals surface area contributed by atoms with Crippen molar-refractivity contribution >= 4 is 33.5 Å². The Kier molecular flexibility index (Phi) is 5.14. The summed E-state index contributed by atoms with van der Waals surface area (Å²) >= 11 is 1.57. The molecule has 1 aromatic heterocycles. The zero-order valence-corrected chi connectivity index (χ0v) is 15.3. The average Bonchev–Trinajstić information content (AvgIpc) is 3.07. The minimum atomic E-state index is -0.0938. The Hall–Kier alpha value is -2.66. The fourth-order valence-corrected chi connectivity index (χ4v) is 3.50. The van der Waals surface area contributed by atoms with Gasteiger partial charge in [0.2, 0.25) is 5.91 Å². The first-order chi connectivity index (χ1) is 12.1. The molecule has 1 atom stereocenters. The number of rotatable bonds is 5. The normalized spacial score (nSPS) is 12.4. The minimum absolute atomic E-state index is 0.0716. The number of fused-ring (bicyclic) bond motifs is 1. The first kappa shape index (κ1) is 17.2. The molecule has 0 N–H and O–H groups in total. The summed E-state index contributed by atoms with van der Waals surface area (Å²) in [4.78, 5) is 18.7. The van der Waals surface area contributed by atoms with E-state index in [-0.39, 0.29) is 11.9 Å². The van der Waals surface area contributed by atoms with E-state index in [1.807, 2.05) is 55.5 Å². The Morgan fingerprint density at radius 3 is 2.68 bits per heavy atom. The third-order valence-corrected chi connectivity index (χ3v) is 5.20. The van der Waals surface area contributed by atoms with Gasteiger partial charge in [-0.3, -0.25) is 4.79 Å². The number of hydrogen-bond donors (Lipinski definition) is 0. The number of methoxy groups -OCH3 is 1. The van der Waals surface area contributed by atoms with Gasteiger partial charge in [-0.05, 0) is 31.2 Å². The summed E-state index contributed by atoms with van der Waals surface area (Å²) in [7, 11) is 3.43. The molecule has 0 fully saturated rings. The van der Waals surface area contributed by atoms with Crippen LogP contribution in [0.1, 0.15) is 23.5 Å². The Bertz CT molecular complexity index is 884. The van der Waals surface area contributed by atoms with Crippen molar-refractivity contribution in [1.29, 1.82) is 0 Å². The number of likely N-dealkylation sites (N-methyl/N-ethyl adjacent to an activating group) is 1. The van der Waals surface area contributed by atoms with Crippen LogP contribution in [-0.4, -0.2) is 29.9 Å². The van der Waals surface area contributed by atoms with Crippen LogP contribution in [0.25, 0.3) is 16.3 Å². The summed E-state index contributed by atoms with van der Waals surface area (Å²) in [5, 5.41) is 0.827. The maximum absolute atomic E-state index is 12.5. The van der Waals surface area contributed by atoms with Crippen LogP contribution in [0.15, 0.2) is 54.6 Å². The van der Waals surface area contributed by atoms with Crippen molar-refractivity contribution in [3.8, 4) is 5.75 Å². The number of benzene rings is 2. The second-order valence-corrected chi connectivity index (χ2v) is 6.78. The highest BCUT2D eigenvalue weighted by molar-refractivity contribution is 7.19. The summed E-state index contributed by atoms with van der Waals surface area (Å²) in [5.41, 5.74) is 1.93. The van der Waals surface area contributed by atoms with E-state index in [0.29, 0.717) is 0 Å². The SMILES string of the molecule is COc1ccccc1C(C)N(C)C(=O)/C=C/c1nc2ccccc2s1. The average molecular weight is 352 g/mol. The van der Waals surface area contributed by atoms with E-state index in [4.69, 9.17) is 4.74 Å². The predicted molar refractivity (Wildman–Crippen MR) is 103 cm³/mol. The zero-order valence-electron chi connectivity index (χ0n) is 14.5. The molecule has 128 valence electrons. The molecule has 25 heavy (non-hydrogen) atoms. The molecule has 1 amide bonds. The monoisotopic (exact) mass is 352 g/mol. The summed E-state index contributed by atoms with van der Waals surface area (Å²) < 4.78 is 6.51. The quantitative estimate of drug-likeness (QED) is 0.633. The molecule has 2 aromatic carbocycles. The highest BCUT2D eigenvalue weighted by Crippen LogP contribution is 2.28. The van der Waals surface area contributed by atoms with Crippen LogP contribution in [0.5, 0.6) is 5.75 Å². The van der Waals surface area contributed by atoms with Crippen LogP contribution >= 0.6 is 11.3 Å². The molecule has 0 aliphatic heterocycles. The molecule has 0 saturated heterocycles. The fourth-order valence-electron chi connectivity index (χ4n) is 2.63. The molecule has 1 unspecified atom stereocenters. The third kappa shape index (κ3) is 3.72. The number of ether oxygens (including phenoxy) is 1. The second-order valence-electron chi connectivity index (χ2n) is 5.72. The highest BCUT2D eigenvalue weighted by atomic mass is 32.1. The van der Waals surface area contributed by atoms with Crippen molar-refractivity contribution in [3.05, 3.63) is 65.2 Å². The molecule has 0 aliphatic carbocycles. The lowest BCUT2D eigenvalue weighted by Gasteiger charge is -2.25. The number of aromatic nitrogens is 1. The van der Waals surface area contributed by atoms with Crippen molar-refractivity contribution < 1.29 is 9.53 Å². The largest absolute Gasteiger partial charge is 0.496 e. The topological polar surface area (TPSA) is 42.4 Å². The van der Waals surface area contributed by atoms with Gasteiger partial charge in [0.05, 0.1) is 23.4 Å². The maximum atomic E-state index is 12.5. The van der Waals surface area contributed by atoms with Gasteiger partial charge in [-0.25, -0.2) is 4.98 Å². The van der Waals surface area contributed by atoms with E-state index in [9.17, 15) is 4.79 Å². The van der Waals surface area contributed by atoms with E-state index in [2.05, 4.69) is 4.98 Å². The lowest BCUT2D eigenvalue weighted by atomic mass is 10.1. The lowest BCUT2D eigenvalue weighted by molar-refractivity contribution is -0.126.